The first kappa shape index (κ1) is 24.2. The van der Waals surface area contributed by atoms with E-state index in [1.54, 1.807) is 13.8 Å². The molecule has 0 aromatic heterocycles. The number of ether oxygens (including phenoxy) is 3. The zero-order chi connectivity index (χ0) is 19.1. The topological polar surface area (TPSA) is 149 Å². The first-order chi connectivity index (χ1) is 11.9. The largest absolute Gasteiger partial charge is 0.379 e. The fraction of sp³-hybridized carbons (Fsp3) is 1.00. The molecule has 0 aromatic carbocycles. The van der Waals surface area contributed by atoms with E-state index in [1.165, 1.54) is 0 Å². The SMILES string of the molecule is CC(C)(CC(OCCCN)C(COCCCN)OCCCN)[N+](=O)[O-]. The van der Waals surface area contributed by atoms with Gasteiger partial charge in [-0.1, -0.05) is 0 Å². The van der Waals surface area contributed by atoms with Crippen molar-refractivity contribution in [1.82, 2.24) is 0 Å². The molecule has 0 bridgehead atoms. The van der Waals surface area contributed by atoms with Crippen molar-refractivity contribution >= 4 is 0 Å². The Hall–Kier alpha value is -0.840. The second-order valence-electron chi connectivity index (χ2n) is 6.59. The van der Waals surface area contributed by atoms with Crippen LogP contribution in [0, 0.1) is 10.1 Å². The van der Waals surface area contributed by atoms with Crippen LogP contribution in [0.2, 0.25) is 0 Å². The number of hydrogen-bond acceptors (Lipinski definition) is 8. The van der Waals surface area contributed by atoms with Gasteiger partial charge in [0.1, 0.15) is 6.10 Å². The van der Waals surface area contributed by atoms with Gasteiger partial charge in [0, 0.05) is 45.0 Å². The van der Waals surface area contributed by atoms with Gasteiger partial charge < -0.3 is 31.4 Å². The molecule has 150 valence electrons. The van der Waals surface area contributed by atoms with Crippen LogP contribution in [-0.4, -0.2) is 68.7 Å². The van der Waals surface area contributed by atoms with Gasteiger partial charge in [0.2, 0.25) is 5.54 Å². The number of nitrogens with zero attached hydrogens (tertiary/aromatic N) is 1. The summed E-state index contributed by atoms with van der Waals surface area (Å²) in [5.74, 6) is 0. The first-order valence-electron chi connectivity index (χ1n) is 8.94. The summed E-state index contributed by atoms with van der Waals surface area (Å²) in [4.78, 5) is 11.0. The van der Waals surface area contributed by atoms with Crippen LogP contribution in [0.5, 0.6) is 0 Å². The zero-order valence-corrected chi connectivity index (χ0v) is 15.7. The Morgan fingerprint density at radius 2 is 1.40 bits per heavy atom. The fourth-order valence-corrected chi connectivity index (χ4v) is 2.15. The molecular weight excluding hydrogens is 328 g/mol. The molecule has 0 saturated heterocycles. The highest BCUT2D eigenvalue weighted by atomic mass is 16.6. The highest BCUT2D eigenvalue weighted by molar-refractivity contribution is 4.80. The molecular formula is C16H36N4O5. The molecule has 0 saturated carbocycles. The van der Waals surface area contributed by atoms with Crippen molar-refractivity contribution in [3.63, 3.8) is 0 Å². The third kappa shape index (κ3) is 11.4. The molecule has 0 rings (SSSR count). The van der Waals surface area contributed by atoms with Crippen molar-refractivity contribution < 1.29 is 19.1 Å². The second kappa shape index (κ2) is 14.3. The normalized spacial score (nSPS) is 14.4. The van der Waals surface area contributed by atoms with Gasteiger partial charge in [-0.3, -0.25) is 10.1 Å². The van der Waals surface area contributed by atoms with Crippen molar-refractivity contribution in [2.75, 3.05) is 46.1 Å². The Morgan fingerprint density at radius 1 is 0.920 bits per heavy atom. The molecule has 0 aliphatic heterocycles. The van der Waals surface area contributed by atoms with Gasteiger partial charge in [-0.15, -0.1) is 0 Å². The Bertz CT molecular complexity index is 344. The summed E-state index contributed by atoms with van der Waals surface area (Å²) < 4.78 is 17.4. The van der Waals surface area contributed by atoms with Crippen LogP contribution in [0.3, 0.4) is 0 Å². The molecule has 0 radical (unpaired) electrons. The lowest BCUT2D eigenvalue weighted by atomic mass is 9.94. The van der Waals surface area contributed by atoms with E-state index in [-0.39, 0.29) is 11.3 Å². The lowest BCUT2D eigenvalue weighted by Crippen LogP contribution is -2.44. The van der Waals surface area contributed by atoms with Gasteiger partial charge in [0.15, 0.2) is 0 Å². The zero-order valence-electron chi connectivity index (χ0n) is 15.7. The maximum Gasteiger partial charge on any atom is 0.219 e. The second-order valence-corrected chi connectivity index (χ2v) is 6.59. The van der Waals surface area contributed by atoms with E-state index in [0.29, 0.717) is 58.9 Å². The van der Waals surface area contributed by atoms with Crippen molar-refractivity contribution in [3.05, 3.63) is 10.1 Å². The number of nitrogens with two attached hydrogens (primary N) is 3. The average Bonchev–Trinajstić information content (AvgIpc) is 2.56. The molecule has 2 unspecified atom stereocenters. The van der Waals surface area contributed by atoms with Crippen molar-refractivity contribution in [2.24, 2.45) is 17.2 Å². The summed E-state index contributed by atoms with van der Waals surface area (Å²) >= 11 is 0. The van der Waals surface area contributed by atoms with Gasteiger partial charge in [0.05, 0.1) is 12.7 Å². The van der Waals surface area contributed by atoms with Gasteiger partial charge in [-0.25, -0.2) is 0 Å². The molecule has 9 nitrogen and oxygen atoms in total. The molecule has 0 aromatic rings. The van der Waals surface area contributed by atoms with Crippen molar-refractivity contribution in [2.45, 2.75) is 57.3 Å². The third-order valence-electron chi connectivity index (χ3n) is 3.75. The predicted octanol–water partition coefficient (Wildman–Crippen LogP) is 0.265. The van der Waals surface area contributed by atoms with Gasteiger partial charge in [-0.05, 0) is 38.9 Å². The summed E-state index contributed by atoms with van der Waals surface area (Å²) in [6, 6.07) is 0. The van der Waals surface area contributed by atoms with Crippen LogP contribution in [0.15, 0.2) is 0 Å². The van der Waals surface area contributed by atoms with Crippen LogP contribution >= 0.6 is 0 Å². The molecule has 0 fully saturated rings. The number of nitro groups is 1. The minimum atomic E-state index is -1.12. The molecule has 0 aliphatic carbocycles. The lowest BCUT2D eigenvalue weighted by molar-refractivity contribution is -0.564. The summed E-state index contributed by atoms with van der Waals surface area (Å²) in [5, 5.41) is 11.3. The molecule has 25 heavy (non-hydrogen) atoms. The third-order valence-corrected chi connectivity index (χ3v) is 3.75. The highest BCUT2D eigenvalue weighted by Crippen LogP contribution is 2.22. The van der Waals surface area contributed by atoms with Gasteiger partial charge in [0.25, 0.3) is 0 Å². The summed E-state index contributed by atoms with van der Waals surface area (Å²) in [7, 11) is 0. The predicted molar refractivity (Wildman–Crippen MR) is 97.0 cm³/mol. The standard InChI is InChI=1S/C16H36N4O5/c1-16(2,20(21)22)12-14(24-10-4-7-18)15(25-11-5-8-19)13-23-9-3-6-17/h14-15H,3-13,17-19H2,1-2H3. The molecule has 2 atom stereocenters. The van der Waals surface area contributed by atoms with Gasteiger partial charge in [-0.2, -0.15) is 0 Å². The highest BCUT2D eigenvalue weighted by Gasteiger charge is 2.38. The van der Waals surface area contributed by atoms with E-state index in [4.69, 9.17) is 31.4 Å². The molecule has 6 N–H and O–H groups in total. The van der Waals surface area contributed by atoms with Gasteiger partial charge >= 0.3 is 0 Å². The molecule has 0 amide bonds. The maximum absolute atomic E-state index is 11.3. The average molecular weight is 364 g/mol. The van der Waals surface area contributed by atoms with Crippen LogP contribution in [0.4, 0.5) is 0 Å². The molecule has 0 aliphatic rings. The van der Waals surface area contributed by atoms with Crippen molar-refractivity contribution in [1.29, 1.82) is 0 Å². The van der Waals surface area contributed by atoms with E-state index >= 15 is 0 Å². The molecule has 0 spiro atoms. The molecule has 0 heterocycles. The van der Waals surface area contributed by atoms with Crippen molar-refractivity contribution in [3.8, 4) is 0 Å². The van der Waals surface area contributed by atoms with Crippen LogP contribution < -0.4 is 17.2 Å². The minimum Gasteiger partial charge on any atom is -0.379 e. The molecule has 9 heteroatoms. The smallest absolute Gasteiger partial charge is 0.219 e. The monoisotopic (exact) mass is 364 g/mol. The van der Waals surface area contributed by atoms with E-state index < -0.39 is 17.7 Å². The minimum absolute atomic E-state index is 0.220. The Morgan fingerprint density at radius 3 is 1.88 bits per heavy atom. The summed E-state index contributed by atoms with van der Waals surface area (Å²) in [6.45, 7) is 6.41. The fourth-order valence-electron chi connectivity index (χ4n) is 2.15. The number of hydrogen-bond donors (Lipinski definition) is 3. The number of rotatable bonds is 17. The quantitative estimate of drug-likeness (QED) is 0.189. The first-order valence-corrected chi connectivity index (χ1v) is 8.94. The Labute approximate surface area is 150 Å². The maximum atomic E-state index is 11.3. The van der Waals surface area contributed by atoms with E-state index in [9.17, 15) is 10.1 Å². The van der Waals surface area contributed by atoms with Crippen LogP contribution in [0.1, 0.15) is 39.5 Å². The summed E-state index contributed by atoms with van der Waals surface area (Å²) in [5.41, 5.74) is 15.4. The summed E-state index contributed by atoms with van der Waals surface area (Å²) in [6.07, 6.45) is 1.49. The van der Waals surface area contributed by atoms with E-state index in [0.717, 1.165) is 6.42 Å². The Balaban J connectivity index is 4.93. The van der Waals surface area contributed by atoms with E-state index in [1.807, 2.05) is 0 Å². The van der Waals surface area contributed by atoms with Crippen LogP contribution in [-0.2, 0) is 14.2 Å². The van der Waals surface area contributed by atoms with Crippen LogP contribution in [0.25, 0.3) is 0 Å². The lowest BCUT2D eigenvalue weighted by Gasteiger charge is -2.30. The Kier molecular flexibility index (Phi) is 13.9. The van der Waals surface area contributed by atoms with E-state index in [2.05, 4.69) is 0 Å².